The fraction of sp³-hybridized carbons (Fsp3) is 0.286. The molecule has 1 heterocycles. The van der Waals surface area contributed by atoms with Crippen LogP contribution in [0.1, 0.15) is 31.4 Å². The van der Waals surface area contributed by atoms with E-state index in [0.29, 0.717) is 24.9 Å². The van der Waals surface area contributed by atoms with Crippen LogP contribution in [-0.4, -0.2) is 45.0 Å². The first-order valence-corrected chi connectivity index (χ1v) is 14.5. The molecule has 1 aliphatic heterocycles. The molecule has 3 aromatic rings. The first-order valence-electron chi connectivity index (χ1n) is 12.3. The third-order valence-electron chi connectivity index (χ3n) is 7.06. The van der Waals surface area contributed by atoms with E-state index in [2.05, 4.69) is 10.0 Å². The summed E-state index contributed by atoms with van der Waals surface area (Å²) >= 11 is 12.1. The van der Waals surface area contributed by atoms with Crippen molar-refractivity contribution in [1.29, 1.82) is 0 Å². The number of benzene rings is 3. The Morgan fingerprint density at radius 3 is 2.33 bits per heavy atom. The van der Waals surface area contributed by atoms with Crippen LogP contribution in [0.2, 0.25) is 10.0 Å². The highest BCUT2D eigenvalue weighted by molar-refractivity contribution is 7.89. The van der Waals surface area contributed by atoms with Crippen molar-refractivity contribution >= 4 is 45.0 Å². The van der Waals surface area contributed by atoms with E-state index in [1.807, 2.05) is 0 Å². The molecule has 1 fully saturated rings. The average Bonchev–Trinajstić information content (AvgIpc) is 3.45. The standard InChI is InChI=1S/C28H27Cl2FN2O6S/c1-28(27(35)36,26(34)22-6-4-12-32-22)25(33-40(37,38)20-14-18(29)13-19(30)15-20)17-10-8-16(9-11-17)24-21(31)5-3-7-23(24)39-2/h3,5,7-11,13-15,22,25,32-33H,4,6,12H2,1-2H3,(H,35,36)/t22?,25-,28+/m1/s1. The Morgan fingerprint density at radius 2 is 1.77 bits per heavy atom. The number of hydrogen-bond acceptors (Lipinski definition) is 6. The predicted octanol–water partition coefficient (Wildman–Crippen LogP) is 5.24. The summed E-state index contributed by atoms with van der Waals surface area (Å²) in [7, 11) is -3.04. The Hall–Kier alpha value is -3.02. The van der Waals surface area contributed by atoms with Gasteiger partial charge >= 0.3 is 5.97 Å². The van der Waals surface area contributed by atoms with Gasteiger partial charge in [-0.25, -0.2) is 17.5 Å². The number of carboxylic acids is 1. The monoisotopic (exact) mass is 608 g/mol. The average molecular weight is 610 g/mol. The van der Waals surface area contributed by atoms with Crippen molar-refractivity contribution < 1.29 is 32.2 Å². The Labute approximate surface area is 241 Å². The molecule has 1 aliphatic rings. The van der Waals surface area contributed by atoms with E-state index >= 15 is 0 Å². The molecule has 0 bridgehead atoms. The van der Waals surface area contributed by atoms with Crippen molar-refractivity contribution in [3.63, 3.8) is 0 Å². The van der Waals surface area contributed by atoms with Crippen LogP contribution in [-0.2, 0) is 19.6 Å². The van der Waals surface area contributed by atoms with E-state index in [9.17, 15) is 27.5 Å². The van der Waals surface area contributed by atoms with E-state index in [1.165, 1.54) is 68.6 Å². The molecule has 212 valence electrons. The Kier molecular flexibility index (Phi) is 8.86. The summed E-state index contributed by atoms with van der Waals surface area (Å²) in [5, 5.41) is 13.5. The number of sulfonamides is 1. The molecule has 0 saturated carbocycles. The van der Waals surface area contributed by atoms with Crippen LogP contribution in [0.5, 0.6) is 5.75 Å². The molecule has 4 rings (SSSR count). The third-order valence-corrected chi connectivity index (χ3v) is 8.90. The highest BCUT2D eigenvalue weighted by Gasteiger charge is 2.52. The summed E-state index contributed by atoms with van der Waals surface area (Å²) in [6, 6.07) is 11.6. The topological polar surface area (TPSA) is 122 Å². The number of ketones is 1. The van der Waals surface area contributed by atoms with Gasteiger partial charge in [0.25, 0.3) is 0 Å². The molecule has 8 nitrogen and oxygen atoms in total. The first-order chi connectivity index (χ1) is 18.9. The lowest BCUT2D eigenvalue weighted by Crippen LogP contribution is -2.54. The maximum absolute atomic E-state index is 14.7. The van der Waals surface area contributed by atoms with Gasteiger partial charge in [0.1, 0.15) is 17.0 Å². The van der Waals surface area contributed by atoms with Gasteiger partial charge in [-0.15, -0.1) is 0 Å². The minimum Gasteiger partial charge on any atom is -0.496 e. The van der Waals surface area contributed by atoms with Crippen molar-refractivity contribution in [3.05, 3.63) is 82.1 Å². The lowest BCUT2D eigenvalue weighted by atomic mass is 9.73. The SMILES string of the molecule is COc1cccc(F)c1-c1ccc([C@@H](NS(=O)(=O)c2cc(Cl)cc(Cl)c2)[C@](C)(C(=O)O)C(=O)C2CCCN2)cc1. The highest BCUT2D eigenvalue weighted by Crippen LogP contribution is 2.40. The van der Waals surface area contributed by atoms with E-state index in [1.54, 1.807) is 6.07 Å². The predicted molar refractivity (Wildman–Crippen MR) is 150 cm³/mol. The number of methoxy groups -OCH3 is 1. The van der Waals surface area contributed by atoms with Crippen LogP contribution in [0.25, 0.3) is 11.1 Å². The zero-order chi connectivity index (χ0) is 29.2. The van der Waals surface area contributed by atoms with Gasteiger partial charge in [0.2, 0.25) is 10.0 Å². The van der Waals surface area contributed by atoms with E-state index in [4.69, 9.17) is 27.9 Å². The molecular formula is C28H27Cl2FN2O6S. The molecule has 0 radical (unpaired) electrons. The van der Waals surface area contributed by atoms with Gasteiger partial charge in [-0.3, -0.25) is 9.59 Å². The molecule has 3 atom stereocenters. The second-order valence-corrected chi connectivity index (χ2v) is 12.2. The van der Waals surface area contributed by atoms with E-state index in [0.717, 1.165) is 0 Å². The quantitative estimate of drug-likeness (QED) is 0.269. The van der Waals surface area contributed by atoms with Gasteiger partial charge in [0, 0.05) is 10.0 Å². The molecule has 0 aliphatic carbocycles. The van der Waals surface area contributed by atoms with Crippen molar-refractivity contribution in [2.75, 3.05) is 13.7 Å². The van der Waals surface area contributed by atoms with Gasteiger partial charge in [0.15, 0.2) is 5.78 Å². The lowest BCUT2D eigenvalue weighted by molar-refractivity contribution is -0.156. The number of halogens is 3. The number of nitrogens with one attached hydrogen (secondary N) is 2. The molecule has 1 unspecified atom stereocenters. The minimum atomic E-state index is -4.44. The molecule has 3 N–H and O–H groups in total. The van der Waals surface area contributed by atoms with Crippen LogP contribution in [0.3, 0.4) is 0 Å². The van der Waals surface area contributed by atoms with E-state index < -0.39 is 45.1 Å². The molecular weight excluding hydrogens is 582 g/mol. The number of carbonyl (C=O) groups is 2. The number of carboxylic acid groups (broad SMARTS) is 1. The van der Waals surface area contributed by atoms with Crippen LogP contribution in [0.4, 0.5) is 4.39 Å². The Bertz CT molecular complexity index is 1520. The summed E-state index contributed by atoms with van der Waals surface area (Å²) in [5.74, 6) is -2.45. The van der Waals surface area contributed by atoms with Crippen molar-refractivity contribution in [1.82, 2.24) is 10.0 Å². The second kappa shape index (κ2) is 11.8. The summed E-state index contributed by atoms with van der Waals surface area (Å²) in [5.41, 5.74) is -1.47. The summed E-state index contributed by atoms with van der Waals surface area (Å²) in [6.45, 7) is 1.73. The molecule has 0 spiro atoms. The van der Waals surface area contributed by atoms with Gasteiger partial charge in [-0.05, 0) is 67.8 Å². The number of hydrogen-bond donors (Lipinski definition) is 3. The highest BCUT2D eigenvalue weighted by atomic mass is 35.5. The number of ether oxygens (including phenoxy) is 1. The molecule has 0 amide bonds. The first kappa shape index (κ1) is 30.0. The molecule has 1 saturated heterocycles. The number of rotatable bonds is 10. The molecule has 40 heavy (non-hydrogen) atoms. The fourth-order valence-electron chi connectivity index (χ4n) is 4.86. The maximum Gasteiger partial charge on any atom is 0.318 e. The Morgan fingerprint density at radius 1 is 1.12 bits per heavy atom. The second-order valence-electron chi connectivity index (χ2n) is 9.62. The largest absolute Gasteiger partial charge is 0.496 e. The van der Waals surface area contributed by atoms with Gasteiger partial charge in [0.05, 0.1) is 29.7 Å². The summed E-state index contributed by atoms with van der Waals surface area (Å²) in [6.07, 6.45) is 1.08. The third kappa shape index (κ3) is 5.87. The smallest absolute Gasteiger partial charge is 0.318 e. The molecule has 0 aromatic heterocycles. The van der Waals surface area contributed by atoms with Crippen LogP contribution >= 0.6 is 23.2 Å². The molecule has 3 aromatic carbocycles. The number of Topliss-reactive ketones (excluding diaryl/α,β-unsaturated/α-hetero) is 1. The summed E-state index contributed by atoms with van der Waals surface area (Å²) < 4.78 is 49.5. The summed E-state index contributed by atoms with van der Waals surface area (Å²) in [4.78, 5) is 26.2. The number of carbonyl (C=O) groups excluding carboxylic acids is 1. The zero-order valence-electron chi connectivity index (χ0n) is 21.6. The van der Waals surface area contributed by atoms with Gasteiger partial charge in [-0.2, -0.15) is 0 Å². The molecule has 12 heteroatoms. The minimum absolute atomic E-state index is 0.0554. The van der Waals surface area contributed by atoms with Gasteiger partial charge < -0.3 is 15.2 Å². The zero-order valence-corrected chi connectivity index (χ0v) is 23.9. The van der Waals surface area contributed by atoms with Crippen molar-refractivity contribution in [3.8, 4) is 16.9 Å². The van der Waals surface area contributed by atoms with Crippen LogP contribution in [0, 0.1) is 11.2 Å². The van der Waals surface area contributed by atoms with Crippen molar-refractivity contribution in [2.45, 2.75) is 36.7 Å². The maximum atomic E-state index is 14.7. The van der Waals surface area contributed by atoms with Crippen molar-refractivity contribution in [2.24, 2.45) is 5.41 Å². The fourth-order valence-corrected chi connectivity index (χ4v) is 6.90. The number of aliphatic carboxylic acids is 1. The Balaban J connectivity index is 1.85. The lowest BCUT2D eigenvalue weighted by Gasteiger charge is -2.35. The van der Waals surface area contributed by atoms with Crippen LogP contribution in [0.15, 0.2) is 65.6 Å². The van der Waals surface area contributed by atoms with Crippen LogP contribution < -0.4 is 14.8 Å². The van der Waals surface area contributed by atoms with Gasteiger partial charge in [-0.1, -0.05) is 53.5 Å². The van der Waals surface area contributed by atoms with E-state index in [-0.39, 0.29) is 31.8 Å². The normalized spacial score (nSPS) is 17.7.